The molecule has 3 rings (SSSR count). The van der Waals surface area contributed by atoms with Gasteiger partial charge >= 0.3 is 6.01 Å². The summed E-state index contributed by atoms with van der Waals surface area (Å²) in [6.07, 6.45) is 4.21. The molecule has 1 aromatic rings. The summed E-state index contributed by atoms with van der Waals surface area (Å²) < 4.78 is 11.2. The van der Waals surface area contributed by atoms with Crippen molar-refractivity contribution in [2.24, 2.45) is 5.92 Å². The minimum atomic E-state index is 0.0219. The van der Waals surface area contributed by atoms with Crippen molar-refractivity contribution >= 4 is 17.5 Å². The third-order valence-electron chi connectivity index (χ3n) is 4.67. The number of nitrogens with zero attached hydrogens (tertiary/aromatic N) is 3. The van der Waals surface area contributed by atoms with E-state index < -0.39 is 0 Å². The number of nitrogen functional groups attached to an aromatic ring is 1. The van der Waals surface area contributed by atoms with Crippen LogP contribution < -0.4 is 15.4 Å². The molecule has 1 saturated heterocycles. The molecule has 0 aliphatic carbocycles. The van der Waals surface area contributed by atoms with Crippen LogP contribution in [0, 0.1) is 5.92 Å². The highest BCUT2D eigenvalue weighted by Crippen LogP contribution is 2.33. The van der Waals surface area contributed by atoms with Gasteiger partial charge < -0.3 is 15.2 Å². The second-order valence-corrected chi connectivity index (χ2v) is 6.65. The highest BCUT2D eigenvalue weighted by molar-refractivity contribution is 6.01. The molecule has 0 aromatic carbocycles. The fourth-order valence-corrected chi connectivity index (χ4v) is 3.28. The zero-order valence-corrected chi connectivity index (χ0v) is 14.5. The first kappa shape index (κ1) is 17.0. The van der Waals surface area contributed by atoms with Gasteiger partial charge in [0.25, 0.3) is 0 Å². The van der Waals surface area contributed by atoms with Gasteiger partial charge in [-0.25, -0.2) is 0 Å². The van der Waals surface area contributed by atoms with E-state index in [0.717, 1.165) is 44.5 Å². The Labute approximate surface area is 142 Å². The van der Waals surface area contributed by atoms with Crippen LogP contribution in [-0.2, 0) is 16.0 Å². The van der Waals surface area contributed by atoms with Crippen LogP contribution in [0.4, 0.5) is 11.6 Å². The maximum Gasteiger partial charge on any atom is 0.320 e. The van der Waals surface area contributed by atoms with Crippen LogP contribution in [0.25, 0.3) is 0 Å². The Balaban J connectivity index is 1.74. The monoisotopic (exact) mass is 334 g/mol. The van der Waals surface area contributed by atoms with E-state index in [1.54, 1.807) is 4.90 Å². The van der Waals surface area contributed by atoms with Crippen molar-refractivity contribution in [3.8, 4) is 6.01 Å². The third-order valence-corrected chi connectivity index (χ3v) is 4.67. The Kier molecular flexibility index (Phi) is 5.18. The molecular weight excluding hydrogens is 308 g/mol. The Morgan fingerprint density at radius 1 is 1.46 bits per heavy atom. The van der Waals surface area contributed by atoms with Crippen LogP contribution >= 0.6 is 0 Å². The second kappa shape index (κ2) is 7.34. The van der Waals surface area contributed by atoms with E-state index in [9.17, 15) is 4.79 Å². The average Bonchev–Trinajstić information content (AvgIpc) is 3.14. The SMILES string of the molecule is CCC[C@H](C)Oc1nc(N)c2c(n1)N(CC[C@H]1CCOC1)C(=O)C2. The normalized spacial score (nSPS) is 21.2. The highest BCUT2D eigenvalue weighted by atomic mass is 16.5. The Hall–Kier alpha value is -1.89. The molecule has 2 aliphatic rings. The first-order valence-corrected chi connectivity index (χ1v) is 8.79. The molecule has 1 amide bonds. The van der Waals surface area contributed by atoms with Crippen LogP contribution in [0.5, 0.6) is 6.01 Å². The molecular formula is C17H26N4O3. The Bertz CT molecular complexity index is 602. The number of hydrogen-bond acceptors (Lipinski definition) is 6. The van der Waals surface area contributed by atoms with Crippen molar-refractivity contribution in [3.63, 3.8) is 0 Å². The number of anilines is 2. The lowest BCUT2D eigenvalue weighted by Gasteiger charge is -2.19. The molecule has 2 atom stereocenters. The quantitative estimate of drug-likeness (QED) is 0.819. The second-order valence-electron chi connectivity index (χ2n) is 6.65. The van der Waals surface area contributed by atoms with Gasteiger partial charge in [-0.1, -0.05) is 13.3 Å². The average molecular weight is 334 g/mol. The number of carbonyl (C=O) groups is 1. The largest absolute Gasteiger partial charge is 0.460 e. The van der Waals surface area contributed by atoms with Gasteiger partial charge in [0.15, 0.2) is 0 Å². The molecule has 0 bridgehead atoms. The van der Waals surface area contributed by atoms with Crippen LogP contribution in [0.15, 0.2) is 0 Å². The summed E-state index contributed by atoms with van der Waals surface area (Å²) in [5.74, 6) is 1.51. The number of amides is 1. The summed E-state index contributed by atoms with van der Waals surface area (Å²) >= 11 is 0. The number of rotatable bonds is 7. The number of hydrogen-bond donors (Lipinski definition) is 1. The predicted molar refractivity (Wildman–Crippen MR) is 91.0 cm³/mol. The van der Waals surface area contributed by atoms with Crippen molar-refractivity contribution in [1.82, 2.24) is 9.97 Å². The van der Waals surface area contributed by atoms with Gasteiger partial charge in [-0.05, 0) is 32.1 Å². The van der Waals surface area contributed by atoms with E-state index in [1.165, 1.54) is 0 Å². The zero-order valence-electron chi connectivity index (χ0n) is 14.5. The lowest BCUT2D eigenvalue weighted by molar-refractivity contribution is -0.117. The van der Waals surface area contributed by atoms with Gasteiger partial charge in [-0.3, -0.25) is 9.69 Å². The summed E-state index contributed by atoms with van der Waals surface area (Å²) in [6.45, 7) is 6.33. The summed E-state index contributed by atoms with van der Waals surface area (Å²) in [6, 6.07) is 0.260. The van der Waals surface area contributed by atoms with Gasteiger partial charge in [0.05, 0.1) is 12.5 Å². The standard InChI is InChI=1S/C17H26N4O3/c1-3-4-11(2)24-17-19-15(18)13-9-14(22)21(16(13)20-17)7-5-12-6-8-23-10-12/h11-12H,3-10H2,1-2H3,(H2,18,19,20)/t11-,12-/m0/s1. The minimum absolute atomic E-state index is 0.0219. The van der Waals surface area contributed by atoms with Gasteiger partial charge in [0, 0.05) is 25.3 Å². The third kappa shape index (κ3) is 3.61. The number of aromatic nitrogens is 2. The molecule has 1 aromatic heterocycles. The van der Waals surface area contributed by atoms with Gasteiger partial charge in [-0.2, -0.15) is 9.97 Å². The molecule has 24 heavy (non-hydrogen) atoms. The van der Waals surface area contributed by atoms with E-state index in [1.807, 2.05) is 6.92 Å². The molecule has 3 heterocycles. The molecule has 0 unspecified atom stereocenters. The minimum Gasteiger partial charge on any atom is -0.460 e. The van der Waals surface area contributed by atoms with Crippen molar-refractivity contribution < 1.29 is 14.3 Å². The lowest BCUT2D eigenvalue weighted by Crippen LogP contribution is -2.30. The molecule has 132 valence electrons. The smallest absolute Gasteiger partial charge is 0.320 e. The highest BCUT2D eigenvalue weighted by Gasteiger charge is 2.33. The first-order valence-electron chi connectivity index (χ1n) is 8.79. The van der Waals surface area contributed by atoms with E-state index in [0.29, 0.717) is 24.1 Å². The van der Waals surface area contributed by atoms with Crippen molar-refractivity contribution in [3.05, 3.63) is 5.56 Å². The molecule has 1 fully saturated rings. The fourth-order valence-electron chi connectivity index (χ4n) is 3.28. The molecule has 0 saturated carbocycles. The van der Waals surface area contributed by atoms with E-state index in [2.05, 4.69) is 16.9 Å². The number of carbonyl (C=O) groups excluding carboxylic acids is 1. The molecule has 0 spiro atoms. The first-order chi connectivity index (χ1) is 11.6. The summed E-state index contributed by atoms with van der Waals surface area (Å²) in [5.41, 5.74) is 6.76. The summed E-state index contributed by atoms with van der Waals surface area (Å²) in [5, 5.41) is 0. The topological polar surface area (TPSA) is 90.6 Å². The fraction of sp³-hybridized carbons (Fsp3) is 0.706. The van der Waals surface area contributed by atoms with Crippen LogP contribution in [0.1, 0.15) is 45.1 Å². The van der Waals surface area contributed by atoms with E-state index in [-0.39, 0.29) is 24.4 Å². The van der Waals surface area contributed by atoms with Crippen molar-refractivity contribution in [2.75, 3.05) is 30.4 Å². The van der Waals surface area contributed by atoms with Crippen molar-refractivity contribution in [1.29, 1.82) is 0 Å². The maximum atomic E-state index is 12.4. The van der Waals surface area contributed by atoms with Gasteiger partial charge in [0.2, 0.25) is 5.91 Å². The van der Waals surface area contributed by atoms with E-state index >= 15 is 0 Å². The number of fused-ring (bicyclic) bond motifs is 1. The Morgan fingerprint density at radius 2 is 2.29 bits per heavy atom. The predicted octanol–water partition coefficient (Wildman–Crippen LogP) is 1.94. The summed E-state index contributed by atoms with van der Waals surface area (Å²) in [4.78, 5) is 22.8. The Morgan fingerprint density at radius 3 is 3.00 bits per heavy atom. The molecule has 2 N–H and O–H groups in total. The number of nitrogens with two attached hydrogens (primary N) is 1. The lowest BCUT2D eigenvalue weighted by atomic mass is 10.1. The van der Waals surface area contributed by atoms with Crippen LogP contribution in [0.3, 0.4) is 0 Å². The molecule has 0 radical (unpaired) electrons. The van der Waals surface area contributed by atoms with Crippen LogP contribution in [0.2, 0.25) is 0 Å². The van der Waals surface area contributed by atoms with Gasteiger partial charge in [-0.15, -0.1) is 0 Å². The maximum absolute atomic E-state index is 12.4. The van der Waals surface area contributed by atoms with Gasteiger partial charge in [0.1, 0.15) is 11.6 Å². The summed E-state index contributed by atoms with van der Waals surface area (Å²) in [7, 11) is 0. The zero-order chi connectivity index (χ0) is 17.1. The van der Waals surface area contributed by atoms with Crippen LogP contribution in [-0.4, -0.2) is 41.7 Å². The molecule has 7 nitrogen and oxygen atoms in total. The van der Waals surface area contributed by atoms with E-state index in [4.69, 9.17) is 15.2 Å². The number of ether oxygens (including phenoxy) is 2. The molecule has 2 aliphatic heterocycles. The molecule has 7 heteroatoms. The van der Waals surface area contributed by atoms with Crippen molar-refractivity contribution in [2.45, 2.75) is 52.1 Å².